The van der Waals surface area contributed by atoms with Gasteiger partial charge in [0.2, 0.25) is 5.91 Å². The van der Waals surface area contributed by atoms with Crippen LogP contribution in [0.1, 0.15) is 54.9 Å². The van der Waals surface area contributed by atoms with Crippen molar-refractivity contribution in [2.24, 2.45) is 0 Å². The maximum absolute atomic E-state index is 12.3. The molecule has 5 nitrogen and oxygen atoms in total. The summed E-state index contributed by atoms with van der Waals surface area (Å²) >= 11 is 5.21. The summed E-state index contributed by atoms with van der Waals surface area (Å²) in [6.07, 6.45) is 4.69. The van der Waals surface area contributed by atoms with E-state index in [2.05, 4.69) is 22.9 Å². The summed E-state index contributed by atoms with van der Waals surface area (Å²) in [5.41, 5.74) is 2.98. The maximum Gasteiger partial charge on any atom is 0.255 e. The number of hydrogen-bond donors (Lipinski definition) is 3. The summed E-state index contributed by atoms with van der Waals surface area (Å²) in [5, 5.41) is 8.90. The number of unbranched alkanes of at least 4 members (excludes halogenated alkanes) is 3. The third-order valence-corrected chi connectivity index (χ3v) is 4.48. The number of benzene rings is 2. The smallest absolute Gasteiger partial charge is 0.255 e. The van der Waals surface area contributed by atoms with E-state index >= 15 is 0 Å². The van der Waals surface area contributed by atoms with Crippen LogP contribution < -0.4 is 16.0 Å². The molecular formula is C22H27N3O2S. The largest absolute Gasteiger partial charge is 0.332 e. The van der Waals surface area contributed by atoms with Crippen LogP contribution in [0.15, 0.2) is 48.5 Å². The zero-order chi connectivity index (χ0) is 20.4. The van der Waals surface area contributed by atoms with Gasteiger partial charge in [0, 0.05) is 23.4 Å². The maximum atomic E-state index is 12.3. The van der Waals surface area contributed by atoms with E-state index in [1.807, 2.05) is 43.3 Å². The van der Waals surface area contributed by atoms with E-state index in [1.54, 1.807) is 12.1 Å². The highest BCUT2D eigenvalue weighted by molar-refractivity contribution is 7.80. The lowest BCUT2D eigenvalue weighted by atomic mass is 10.1. The molecule has 0 aliphatic rings. The summed E-state index contributed by atoms with van der Waals surface area (Å²) in [7, 11) is 0. The van der Waals surface area contributed by atoms with Crippen LogP contribution in [0.3, 0.4) is 0 Å². The molecule has 3 N–H and O–H groups in total. The molecule has 0 heterocycles. The van der Waals surface area contributed by atoms with Crippen molar-refractivity contribution in [3.63, 3.8) is 0 Å². The van der Waals surface area contributed by atoms with Crippen LogP contribution in [0.5, 0.6) is 0 Å². The minimum absolute atomic E-state index is 0.0722. The molecule has 2 rings (SSSR count). The Balaban J connectivity index is 1.87. The molecule has 0 aromatic heterocycles. The van der Waals surface area contributed by atoms with Crippen molar-refractivity contribution in [1.82, 2.24) is 5.32 Å². The normalized spacial score (nSPS) is 10.2. The minimum Gasteiger partial charge on any atom is -0.332 e. The second kappa shape index (κ2) is 11.2. The van der Waals surface area contributed by atoms with Crippen molar-refractivity contribution < 1.29 is 9.59 Å². The van der Waals surface area contributed by atoms with E-state index in [0.29, 0.717) is 12.0 Å². The van der Waals surface area contributed by atoms with Crippen LogP contribution in [0.4, 0.5) is 11.4 Å². The Bertz CT molecular complexity index is 822. The molecule has 2 amide bonds. The quantitative estimate of drug-likeness (QED) is 0.432. The highest BCUT2D eigenvalue weighted by atomic mass is 32.1. The number of rotatable bonds is 8. The summed E-state index contributed by atoms with van der Waals surface area (Å²) in [5.74, 6) is -0.229. The van der Waals surface area contributed by atoms with Gasteiger partial charge in [-0.2, -0.15) is 0 Å². The van der Waals surface area contributed by atoms with Gasteiger partial charge in [-0.05, 0) is 61.5 Å². The Hall–Kier alpha value is -2.73. The summed E-state index contributed by atoms with van der Waals surface area (Å²) in [6.45, 7) is 4.04. The monoisotopic (exact) mass is 397 g/mol. The SMILES string of the molecule is CCCCCCC(=O)NC(=S)Nc1ccc(NC(=O)c2ccccc2)c(C)c1. The standard InChI is InChI=1S/C22H27N3O2S/c1-3-4-5-9-12-20(26)25-22(28)23-18-13-14-19(16(2)15-18)24-21(27)17-10-7-6-8-11-17/h6-8,10-11,13-15H,3-5,9,12H2,1-2H3,(H,24,27)(H2,23,25,26,28). The number of carbonyl (C=O) groups is 2. The number of nitrogens with one attached hydrogen (secondary N) is 3. The number of carbonyl (C=O) groups excluding carboxylic acids is 2. The number of hydrogen-bond acceptors (Lipinski definition) is 3. The zero-order valence-electron chi connectivity index (χ0n) is 16.4. The van der Waals surface area contributed by atoms with Crippen LogP contribution in [-0.4, -0.2) is 16.9 Å². The Morgan fingerprint density at radius 2 is 1.71 bits per heavy atom. The molecule has 0 aliphatic carbocycles. The molecule has 0 unspecified atom stereocenters. The molecule has 148 valence electrons. The molecule has 0 atom stereocenters. The highest BCUT2D eigenvalue weighted by Crippen LogP contribution is 2.20. The molecule has 0 aliphatic heterocycles. The lowest BCUT2D eigenvalue weighted by Crippen LogP contribution is -2.33. The number of aryl methyl sites for hydroxylation is 1. The predicted molar refractivity (Wildman–Crippen MR) is 119 cm³/mol. The van der Waals surface area contributed by atoms with Crippen molar-refractivity contribution in [3.05, 3.63) is 59.7 Å². The van der Waals surface area contributed by atoms with E-state index in [9.17, 15) is 9.59 Å². The number of thiocarbonyl (C=S) groups is 1. The molecule has 0 fully saturated rings. The minimum atomic E-state index is -0.157. The van der Waals surface area contributed by atoms with E-state index in [1.165, 1.54) is 0 Å². The average Bonchev–Trinajstić information content (AvgIpc) is 2.68. The van der Waals surface area contributed by atoms with Gasteiger partial charge in [-0.1, -0.05) is 44.4 Å². The van der Waals surface area contributed by atoms with E-state index in [4.69, 9.17) is 12.2 Å². The van der Waals surface area contributed by atoms with Gasteiger partial charge < -0.3 is 16.0 Å². The Morgan fingerprint density at radius 3 is 2.39 bits per heavy atom. The zero-order valence-corrected chi connectivity index (χ0v) is 17.2. The van der Waals surface area contributed by atoms with Gasteiger partial charge in [0.05, 0.1) is 0 Å². The fourth-order valence-corrected chi connectivity index (χ4v) is 2.96. The van der Waals surface area contributed by atoms with Crippen molar-refractivity contribution in [3.8, 4) is 0 Å². The fraction of sp³-hybridized carbons (Fsp3) is 0.318. The van der Waals surface area contributed by atoms with Crippen LogP contribution >= 0.6 is 12.2 Å². The van der Waals surface area contributed by atoms with Gasteiger partial charge in [-0.25, -0.2) is 0 Å². The number of anilines is 2. The Morgan fingerprint density at radius 1 is 0.964 bits per heavy atom. The van der Waals surface area contributed by atoms with Crippen molar-refractivity contribution in [1.29, 1.82) is 0 Å². The van der Waals surface area contributed by atoms with Gasteiger partial charge >= 0.3 is 0 Å². The van der Waals surface area contributed by atoms with Crippen LogP contribution in [0.2, 0.25) is 0 Å². The second-order valence-electron chi connectivity index (χ2n) is 6.66. The first kappa shape index (κ1) is 21.6. The topological polar surface area (TPSA) is 70.2 Å². The molecule has 28 heavy (non-hydrogen) atoms. The lowest BCUT2D eigenvalue weighted by Gasteiger charge is -2.13. The van der Waals surface area contributed by atoms with Gasteiger partial charge in [0.25, 0.3) is 5.91 Å². The lowest BCUT2D eigenvalue weighted by molar-refractivity contribution is -0.119. The molecule has 2 aromatic rings. The van der Waals surface area contributed by atoms with Gasteiger partial charge in [0.1, 0.15) is 0 Å². The molecule has 0 saturated heterocycles. The van der Waals surface area contributed by atoms with E-state index in [0.717, 1.165) is 42.6 Å². The molecule has 6 heteroatoms. The predicted octanol–water partition coefficient (Wildman–Crippen LogP) is 5.03. The molecular weight excluding hydrogens is 370 g/mol. The molecule has 0 spiro atoms. The van der Waals surface area contributed by atoms with Crippen molar-refractivity contribution in [2.75, 3.05) is 10.6 Å². The van der Waals surface area contributed by atoms with Crippen LogP contribution in [0.25, 0.3) is 0 Å². The van der Waals surface area contributed by atoms with Crippen LogP contribution in [-0.2, 0) is 4.79 Å². The average molecular weight is 398 g/mol. The van der Waals surface area contributed by atoms with Crippen LogP contribution in [0, 0.1) is 6.92 Å². The Labute approximate surface area is 171 Å². The highest BCUT2D eigenvalue weighted by Gasteiger charge is 2.09. The van der Waals surface area contributed by atoms with Gasteiger partial charge in [-0.15, -0.1) is 0 Å². The van der Waals surface area contributed by atoms with Gasteiger partial charge in [0.15, 0.2) is 5.11 Å². The Kier molecular flexibility index (Phi) is 8.62. The molecule has 2 aromatic carbocycles. The summed E-state index contributed by atoms with van der Waals surface area (Å²) in [6, 6.07) is 14.6. The third-order valence-electron chi connectivity index (χ3n) is 4.28. The first-order valence-electron chi connectivity index (χ1n) is 9.57. The van der Waals surface area contributed by atoms with E-state index < -0.39 is 0 Å². The number of amides is 2. The van der Waals surface area contributed by atoms with Crippen molar-refractivity contribution >= 4 is 40.5 Å². The fourth-order valence-electron chi connectivity index (χ4n) is 2.73. The summed E-state index contributed by atoms with van der Waals surface area (Å²) < 4.78 is 0. The molecule has 0 bridgehead atoms. The van der Waals surface area contributed by atoms with Crippen molar-refractivity contribution in [2.45, 2.75) is 46.0 Å². The molecule has 0 saturated carbocycles. The second-order valence-corrected chi connectivity index (χ2v) is 7.07. The van der Waals surface area contributed by atoms with Gasteiger partial charge in [-0.3, -0.25) is 9.59 Å². The van der Waals surface area contributed by atoms with E-state index in [-0.39, 0.29) is 16.9 Å². The first-order chi connectivity index (χ1) is 13.5. The summed E-state index contributed by atoms with van der Waals surface area (Å²) in [4.78, 5) is 24.2. The molecule has 0 radical (unpaired) electrons. The first-order valence-corrected chi connectivity index (χ1v) is 9.98. The third kappa shape index (κ3) is 7.12.